The summed E-state index contributed by atoms with van der Waals surface area (Å²) in [6, 6.07) is 4.62. The Hall–Kier alpha value is -1.50. The van der Waals surface area contributed by atoms with Crippen LogP contribution in [0.2, 0.25) is 15.1 Å². The largest absolute Gasteiger partial charge is 0.417 e. The summed E-state index contributed by atoms with van der Waals surface area (Å²) in [6.07, 6.45) is -4.72. The molecule has 0 aliphatic carbocycles. The number of rotatable bonds is 2. The van der Waals surface area contributed by atoms with Gasteiger partial charge in [0.15, 0.2) is 0 Å². The molecule has 2 aromatic rings. The molecular formula is C13H5Cl3F3NO2. The van der Waals surface area contributed by atoms with Gasteiger partial charge in [-0.2, -0.15) is 13.2 Å². The van der Waals surface area contributed by atoms with E-state index in [2.05, 4.69) is 0 Å². The molecule has 2 rings (SSSR count). The number of nitro benzene ring substituents is 1. The number of non-ortho nitro benzene ring substituents is 1. The van der Waals surface area contributed by atoms with Gasteiger partial charge in [0.1, 0.15) is 0 Å². The van der Waals surface area contributed by atoms with E-state index < -0.39 is 27.9 Å². The molecule has 0 unspecified atom stereocenters. The smallest absolute Gasteiger partial charge is 0.258 e. The van der Waals surface area contributed by atoms with Crippen molar-refractivity contribution in [2.24, 2.45) is 0 Å². The average molecular weight is 371 g/mol. The van der Waals surface area contributed by atoms with Gasteiger partial charge in [-0.1, -0.05) is 34.8 Å². The normalized spacial score (nSPS) is 11.5. The fraction of sp³-hybridized carbons (Fsp3) is 0.0769. The number of alkyl halides is 3. The Bertz CT molecular complexity index is 763. The fourth-order valence-electron chi connectivity index (χ4n) is 1.87. The summed E-state index contributed by atoms with van der Waals surface area (Å²) in [4.78, 5) is 10.0. The Morgan fingerprint density at radius 3 is 2.18 bits per heavy atom. The highest BCUT2D eigenvalue weighted by molar-refractivity contribution is 6.45. The second-order valence-electron chi connectivity index (χ2n) is 4.23. The van der Waals surface area contributed by atoms with Crippen LogP contribution in [0.4, 0.5) is 18.9 Å². The predicted molar refractivity (Wildman–Crippen MR) is 78.6 cm³/mol. The molecule has 0 amide bonds. The number of nitrogens with zero attached hydrogens (tertiary/aromatic N) is 1. The monoisotopic (exact) mass is 369 g/mol. The molecule has 9 heteroatoms. The van der Waals surface area contributed by atoms with Gasteiger partial charge in [-0.3, -0.25) is 10.1 Å². The second kappa shape index (κ2) is 5.95. The first-order valence-corrected chi connectivity index (χ1v) is 6.75. The third-order valence-corrected chi connectivity index (χ3v) is 3.82. The number of hydrogen-bond acceptors (Lipinski definition) is 2. The Kier molecular flexibility index (Phi) is 4.56. The maximum atomic E-state index is 13.1. The van der Waals surface area contributed by atoms with E-state index in [9.17, 15) is 23.3 Å². The molecule has 0 spiro atoms. The summed E-state index contributed by atoms with van der Waals surface area (Å²) < 4.78 is 39.4. The first kappa shape index (κ1) is 16.9. The van der Waals surface area contributed by atoms with Crippen LogP contribution < -0.4 is 0 Å². The van der Waals surface area contributed by atoms with E-state index in [0.29, 0.717) is 6.07 Å². The third kappa shape index (κ3) is 3.29. The zero-order chi connectivity index (χ0) is 16.7. The molecule has 0 N–H and O–H groups in total. The van der Waals surface area contributed by atoms with Crippen LogP contribution >= 0.6 is 34.8 Å². The van der Waals surface area contributed by atoms with Crippen LogP contribution in [0.5, 0.6) is 0 Å². The highest BCUT2D eigenvalue weighted by Crippen LogP contribution is 2.43. The van der Waals surface area contributed by atoms with E-state index in [0.717, 1.165) is 12.1 Å². The highest BCUT2D eigenvalue weighted by Gasteiger charge is 2.35. The van der Waals surface area contributed by atoms with Crippen molar-refractivity contribution in [3.8, 4) is 11.1 Å². The van der Waals surface area contributed by atoms with E-state index in [1.807, 2.05) is 0 Å². The Morgan fingerprint density at radius 2 is 1.64 bits per heavy atom. The summed E-state index contributed by atoms with van der Waals surface area (Å²) in [5.74, 6) is 0. The average Bonchev–Trinajstić information content (AvgIpc) is 2.41. The Balaban J connectivity index is 2.82. The van der Waals surface area contributed by atoms with Gasteiger partial charge in [0.05, 0.1) is 20.5 Å². The second-order valence-corrected chi connectivity index (χ2v) is 5.46. The van der Waals surface area contributed by atoms with Crippen LogP contribution in [-0.2, 0) is 6.18 Å². The Morgan fingerprint density at radius 1 is 1.00 bits per heavy atom. The van der Waals surface area contributed by atoms with Gasteiger partial charge in [0.25, 0.3) is 5.69 Å². The zero-order valence-corrected chi connectivity index (χ0v) is 12.7. The van der Waals surface area contributed by atoms with Crippen molar-refractivity contribution in [2.45, 2.75) is 6.18 Å². The molecule has 0 atom stereocenters. The van der Waals surface area contributed by atoms with E-state index in [1.54, 1.807) is 0 Å². The minimum atomic E-state index is -4.72. The predicted octanol–water partition coefficient (Wildman–Crippen LogP) is 6.24. The summed E-state index contributed by atoms with van der Waals surface area (Å²) >= 11 is 17.5. The minimum absolute atomic E-state index is 0.0520. The molecular weight excluding hydrogens is 366 g/mol. The van der Waals surface area contributed by atoms with Gasteiger partial charge in [0, 0.05) is 28.3 Å². The van der Waals surface area contributed by atoms with Crippen molar-refractivity contribution in [2.75, 3.05) is 0 Å². The number of halogens is 6. The summed E-state index contributed by atoms with van der Waals surface area (Å²) in [5, 5.41) is 10.6. The summed E-state index contributed by atoms with van der Waals surface area (Å²) in [7, 11) is 0. The van der Waals surface area contributed by atoms with Gasteiger partial charge < -0.3 is 0 Å². The quantitative estimate of drug-likeness (QED) is 0.357. The van der Waals surface area contributed by atoms with Crippen LogP contribution in [0, 0.1) is 10.1 Å². The number of benzene rings is 2. The lowest BCUT2D eigenvalue weighted by Crippen LogP contribution is -2.08. The zero-order valence-electron chi connectivity index (χ0n) is 10.4. The molecule has 116 valence electrons. The molecule has 0 aliphatic heterocycles. The van der Waals surface area contributed by atoms with Crippen LogP contribution in [0.25, 0.3) is 11.1 Å². The van der Waals surface area contributed by atoms with Crippen molar-refractivity contribution in [3.63, 3.8) is 0 Å². The fourth-order valence-corrected chi connectivity index (χ4v) is 2.57. The van der Waals surface area contributed by atoms with Crippen LogP contribution in [0.3, 0.4) is 0 Å². The molecule has 2 aromatic carbocycles. The minimum Gasteiger partial charge on any atom is -0.258 e. The third-order valence-electron chi connectivity index (χ3n) is 2.80. The maximum absolute atomic E-state index is 13.1. The van der Waals surface area contributed by atoms with Gasteiger partial charge >= 0.3 is 6.18 Å². The highest BCUT2D eigenvalue weighted by atomic mass is 35.5. The SMILES string of the molecule is O=[N+]([O-])c1ccc(C(F)(F)F)c(-c2cc(Cl)cc(Cl)c2Cl)c1. The van der Waals surface area contributed by atoms with E-state index in [-0.39, 0.29) is 20.6 Å². The first-order valence-electron chi connectivity index (χ1n) is 5.62. The summed E-state index contributed by atoms with van der Waals surface area (Å²) in [6.45, 7) is 0. The molecule has 0 aromatic heterocycles. The van der Waals surface area contributed by atoms with Gasteiger partial charge in [-0.05, 0) is 18.2 Å². The molecule has 0 aliphatic rings. The van der Waals surface area contributed by atoms with Crippen LogP contribution in [-0.4, -0.2) is 4.92 Å². The molecule has 0 bridgehead atoms. The first-order chi connectivity index (χ1) is 10.1. The topological polar surface area (TPSA) is 43.1 Å². The molecule has 3 nitrogen and oxygen atoms in total. The van der Waals surface area contributed by atoms with Crippen LogP contribution in [0.1, 0.15) is 5.56 Å². The molecule has 0 saturated carbocycles. The number of nitro groups is 1. The lowest BCUT2D eigenvalue weighted by atomic mass is 9.98. The lowest BCUT2D eigenvalue weighted by molar-refractivity contribution is -0.384. The molecule has 0 saturated heterocycles. The van der Waals surface area contributed by atoms with Crippen molar-refractivity contribution in [3.05, 3.63) is 61.1 Å². The van der Waals surface area contributed by atoms with Gasteiger partial charge in [0.2, 0.25) is 0 Å². The van der Waals surface area contributed by atoms with Crippen molar-refractivity contribution in [1.82, 2.24) is 0 Å². The van der Waals surface area contributed by atoms with Crippen LogP contribution in [0.15, 0.2) is 30.3 Å². The summed E-state index contributed by atoms with van der Waals surface area (Å²) in [5.41, 5.74) is -2.17. The molecule has 0 fully saturated rings. The van der Waals surface area contributed by atoms with Crippen molar-refractivity contribution < 1.29 is 18.1 Å². The van der Waals surface area contributed by atoms with E-state index >= 15 is 0 Å². The van der Waals surface area contributed by atoms with Crippen molar-refractivity contribution >= 4 is 40.5 Å². The van der Waals surface area contributed by atoms with E-state index in [4.69, 9.17) is 34.8 Å². The number of hydrogen-bond donors (Lipinski definition) is 0. The molecule has 0 heterocycles. The van der Waals surface area contributed by atoms with Gasteiger partial charge in [-0.25, -0.2) is 0 Å². The molecule has 22 heavy (non-hydrogen) atoms. The lowest BCUT2D eigenvalue weighted by Gasteiger charge is -2.14. The van der Waals surface area contributed by atoms with Crippen molar-refractivity contribution in [1.29, 1.82) is 0 Å². The van der Waals surface area contributed by atoms with E-state index in [1.165, 1.54) is 12.1 Å². The molecule has 0 radical (unpaired) electrons. The maximum Gasteiger partial charge on any atom is 0.417 e. The Labute approximate surface area is 137 Å². The standard InChI is InChI=1S/C13H5Cl3F3NO2/c14-6-3-9(12(16)11(15)4-6)8-5-7(20(21)22)1-2-10(8)13(17,18)19/h1-5H. The van der Waals surface area contributed by atoms with Gasteiger partial charge in [-0.15, -0.1) is 0 Å².